The quantitative estimate of drug-likeness (QED) is 0.554. The van der Waals surface area contributed by atoms with Gasteiger partial charge in [0.15, 0.2) is 0 Å². The van der Waals surface area contributed by atoms with Gasteiger partial charge in [0.05, 0.1) is 30.9 Å². The van der Waals surface area contributed by atoms with Crippen molar-refractivity contribution < 1.29 is 19.0 Å². The zero-order valence-corrected chi connectivity index (χ0v) is 14.2. The van der Waals surface area contributed by atoms with Crippen molar-refractivity contribution in [3.05, 3.63) is 0 Å². The molecule has 1 amide bonds. The number of alkyl halides is 1. The van der Waals surface area contributed by atoms with E-state index in [-0.39, 0.29) is 17.2 Å². The van der Waals surface area contributed by atoms with Gasteiger partial charge in [0, 0.05) is 18.0 Å². The van der Waals surface area contributed by atoms with Crippen LogP contribution in [0.15, 0.2) is 0 Å². The molecule has 2 bridgehead atoms. The Morgan fingerprint density at radius 3 is 2.68 bits per heavy atom. The number of halogens is 1. The maximum Gasteiger partial charge on any atom is 0.411 e. The lowest BCUT2D eigenvalue weighted by atomic mass is 9.96. The maximum absolute atomic E-state index is 12.4. The second-order valence-electron chi connectivity index (χ2n) is 6.51. The van der Waals surface area contributed by atoms with Crippen molar-refractivity contribution in [2.24, 2.45) is 0 Å². The van der Waals surface area contributed by atoms with Crippen molar-refractivity contribution in [2.45, 2.75) is 43.9 Å². The third kappa shape index (κ3) is 2.85. The van der Waals surface area contributed by atoms with E-state index in [1.165, 1.54) is 0 Å². The Labute approximate surface area is 128 Å². The third-order valence-electron chi connectivity index (χ3n) is 3.59. The number of hydrogen-bond donors (Lipinski definition) is 0. The summed E-state index contributed by atoms with van der Waals surface area (Å²) in [6.45, 7) is 7.26. The lowest BCUT2D eigenvalue weighted by molar-refractivity contribution is -0.0757. The molecular weight excluding hydrogens is 361 g/mol. The lowest BCUT2D eigenvalue weighted by Gasteiger charge is -2.39. The normalized spacial score (nSPS) is 33.8. The number of hydrogen-bond acceptors (Lipinski definition) is 4. The Kier molecular flexibility index (Phi) is 4.06. The summed E-state index contributed by atoms with van der Waals surface area (Å²) in [6.07, 6.45) is 0.565. The Hall–Kier alpha value is -0.0800. The number of carbonyl (C=O) groups excluding carboxylic acids is 1. The number of amides is 1. The number of nitrogens with zero attached hydrogens (tertiary/aromatic N) is 1. The molecule has 2 saturated heterocycles. The SMILES string of the molecule is COCC12COC(CI)(CN1C(=O)OC(C)(C)C)C2. The summed E-state index contributed by atoms with van der Waals surface area (Å²) in [5, 5.41) is 0. The number of morpholine rings is 1. The molecule has 2 aliphatic rings. The van der Waals surface area contributed by atoms with Crippen molar-refractivity contribution in [2.75, 3.05) is 31.3 Å². The summed E-state index contributed by atoms with van der Waals surface area (Å²) in [5.41, 5.74) is -1.07. The van der Waals surface area contributed by atoms with Crippen LogP contribution < -0.4 is 0 Å². The molecule has 0 aromatic carbocycles. The highest BCUT2D eigenvalue weighted by Crippen LogP contribution is 2.46. The van der Waals surface area contributed by atoms with Crippen LogP contribution in [0.1, 0.15) is 27.2 Å². The monoisotopic (exact) mass is 383 g/mol. The van der Waals surface area contributed by atoms with Crippen LogP contribution in [0.2, 0.25) is 0 Å². The van der Waals surface area contributed by atoms with E-state index < -0.39 is 5.60 Å². The summed E-state index contributed by atoms with van der Waals surface area (Å²) in [4.78, 5) is 14.2. The van der Waals surface area contributed by atoms with Crippen LogP contribution in [-0.2, 0) is 14.2 Å². The van der Waals surface area contributed by atoms with E-state index in [1.54, 1.807) is 7.11 Å². The Balaban J connectivity index is 2.18. The van der Waals surface area contributed by atoms with Gasteiger partial charge < -0.3 is 14.2 Å². The summed E-state index contributed by atoms with van der Waals surface area (Å²) in [7, 11) is 1.66. The highest BCUT2D eigenvalue weighted by molar-refractivity contribution is 14.1. The number of rotatable bonds is 3. The van der Waals surface area contributed by atoms with Crippen LogP contribution in [0.3, 0.4) is 0 Å². The van der Waals surface area contributed by atoms with E-state index in [0.717, 1.165) is 10.8 Å². The zero-order valence-electron chi connectivity index (χ0n) is 12.0. The molecule has 0 aromatic heterocycles. The van der Waals surface area contributed by atoms with Crippen LogP contribution in [0.4, 0.5) is 4.79 Å². The molecule has 0 radical (unpaired) electrons. The lowest BCUT2D eigenvalue weighted by Crippen LogP contribution is -2.56. The average Bonchev–Trinajstić information content (AvgIpc) is 2.81. The summed E-state index contributed by atoms with van der Waals surface area (Å²) in [5.74, 6) is 0. The fourth-order valence-electron chi connectivity index (χ4n) is 2.86. The maximum atomic E-state index is 12.4. The van der Waals surface area contributed by atoms with Gasteiger partial charge in [0.1, 0.15) is 5.60 Å². The Morgan fingerprint density at radius 1 is 1.47 bits per heavy atom. The minimum Gasteiger partial charge on any atom is -0.444 e. The molecular formula is C13H22INO4. The van der Waals surface area contributed by atoms with Crippen molar-refractivity contribution >= 4 is 28.7 Å². The summed E-state index contributed by atoms with van der Waals surface area (Å²) in [6, 6.07) is 0. The van der Waals surface area contributed by atoms with Crippen molar-refractivity contribution in [1.82, 2.24) is 4.90 Å². The van der Waals surface area contributed by atoms with Gasteiger partial charge in [-0.2, -0.15) is 0 Å². The molecule has 2 rings (SSSR count). The number of carbonyl (C=O) groups is 1. The number of ether oxygens (including phenoxy) is 3. The number of fused-ring (bicyclic) bond motifs is 2. The van der Waals surface area contributed by atoms with Gasteiger partial charge in [-0.05, 0) is 20.8 Å². The first kappa shape index (κ1) is 15.3. The van der Waals surface area contributed by atoms with Crippen LogP contribution in [0.5, 0.6) is 0 Å². The van der Waals surface area contributed by atoms with Crippen LogP contribution in [0, 0.1) is 0 Å². The highest BCUT2D eigenvalue weighted by Gasteiger charge is 2.62. The molecule has 2 aliphatic heterocycles. The molecule has 6 heteroatoms. The van der Waals surface area contributed by atoms with Crippen LogP contribution in [-0.4, -0.2) is 59.0 Å². The molecule has 2 atom stereocenters. The first-order chi connectivity index (χ1) is 8.76. The molecule has 0 spiro atoms. The predicted molar refractivity (Wildman–Crippen MR) is 79.7 cm³/mol. The molecule has 0 N–H and O–H groups in total. The number of likely N-dealkylation sites (tertiary alicyclic amines) is 1. The molecule has 110 valence electrons. The van der Waals surface area contributed by atoms with Crippen molar-refractivity contribution in [3.8, 4) is 0 Å². The average molecular weight is 383 g/mol. The second kappa shape index (κ2) is 5.04. The highest BCUT2D eigenvalue weighted by atomic mass is 127. The van der Waals surface area contributed by atoms with Crippen molar-refractivity contribution in [1.29, 1.82) is 0 Å². The third-order valence-corrected chi connectivity index (χ3v) is 4.98. The van der Waals surface area contributed by atoms with Crippen LogP contribution >= 0.6 is 22.6 Å². The van der Waals surface area contributed by atoms with E-state index >= 15 is 0 Å². The van der Waals surface area contributed by atoms with Crippen molar-refractivity contribution in [3.63, 3.8) is 0 Å². The fraction of sp³-hybridized carbons (Fsp3) is 0.923. The zero-order chi connectivity index (χ0) is 14.3. The van der Waals surface area contributed by atoms with Gasteiger partial charge in [-0.3, -0.25) is 4.90 Å². The van der Waals surface area contributed by atoms with E-state index in [9.17, 15) is 4.79 Å². The summed E-state index contributed by atoms with van der Waals surface area (Å²) >= 11 is 2.32. The molecule has 0 aliphatic carbocycles. The largest absolute Gasteiger partial charge is 0.444 e. The van der Waals surface area contributed by atoms with E-state index in [1.807, 2.05) is 25.7 Å². The van der Waals surface area contributed by atoms with Gasteiger partial charge in [-0.25, -0.2) is 4.79 Å². The molecule has 2 fully saturated rings. The summed E-state index contributed by atoms with van der Waals surface area (Å²) < 4.78 is 17.6. The minimum absolute atomic E-state index is 0.226. The van der Waals surface area contributed by atoms with E-state index in [4.69, 9.17) is 14.2 Å². The molecule has 5 nitrogen and oxygen atoms in total. The Bertz CT molecular complexity index is 370. The molecule has 2 heterocycles. The van der Waals surface area contributed by atoms with Gasteiger partial charge in [-0.1, -0.05) is 22.6 Å². The van der Waals surface area contributed by atoms with E-state index in [0.29, 0.717) is 19.8 Å². The standard InChI is InChI=1S/C13H22INO4/c1-11(2,3)19-10(16)15-7-13(6-14)5-12(15,8-17-4)9-18-13/h5-9H2,1-4H3. The van der Waals surface area contributed by atoms with E-state index in [2.05, 4.69) is 22.6 Å². The first-order valence-electron chi connectivity index (χ1n) is 6.45. The number of methoxy groups -OCH3 is 1. The minimum atomic E-state index is -0.481. The molecule has 19 heavy (non-hydrogen) atoms. The molecule has 0 aromatic rings. The Morgan fingerprint density at radius 2 is 2.16 bits per heavy atom. The fourth-order valence-corrected chi connectivity index (χ4v) is 3.59. The predicted octanol–water partition coefficient (Wildman–Crippen LogP) is 2.22. The van der Waals surface area contributed by atoms with Gasteiger partial charge in [-0.15, -0.1) is 0 Å². The molecule has 2 unspecified atom stereocenters. The second-order valence-corrected chi connectivity index (χ2v) is 7.27. The first-order valence-corrected chi connectivity index (χ1v) is 7.98. The smallest absolute Gasteiger partial charge is 0.411 e. The van der Waals surface area contributed by atoms with Gasteiger partial charge in [0.25, 0.3) is 0 Å². The van der Waals surface area contributed by atoms with Gasteiger partial charge >= 0.3 is 6.09 Å². The van der Waals surface area contributed by atoms with Gasteiger partial charge in [0.2, 0.25) is 0 Å². The topological polar surface area (TPSA) is 48.0 Å². The molecule has 0 saturated carbocycles. The van der Waals surface area contributed by atoms with Crippen LogP contribution in [0.25, 0.3) is 0 Å².